The van der Waals surface area contributed by atoms with Gasteiger partial charge in [0.05, 0.1) is 5.56 Å². The standard InChI is InChI=1S/C10H11NO2.ClH/c11-10(5-6-10)8-3-1-7(2-4-8)9(12)13;/h1-4H,5-6,11H2,(H,12,13);1H. The summed E-state index contributed by atoms with van der Waals surface area (Å²) in [6, 6.07) is 6.81. The van der Waals surface area contributed by atoms with Crippen molar-refractivity contribution in [2.75, 3.05) is 0 Å². The molecule has 0 aliphatic heterocycles. The van der Waals surface area contributed by atoms with Crippen molar-refractivity contribution >= 4 is 18.4 Å². The lowest BCUT2D eigenvalue weighted by molar-refractivity contribution is 0.0697. The smallest absolute Gasteiger partial charge is 0.335 e. The number of rotatable bonds is 2. The summed E-state index contributed by atoms with van der Waals surface area (Å²) in [6.45, 7) is 0. The van der Waals surface area contributed by atoms with Gasteiger partial charge in [-0.15, -0.1) is 12.4 Å². The predicted molar refractivity (Wildman–Crippen MR) is 55.7 cm³/mol. The molecule has 3 nitrogen and oxygen atoms in total. The first kappa shape index (κ1) is 11.0. The quantitative estimate of drug-likeness (QED) is 0.787. The Hall–Kier alpha value is -1.06. The first-order valence-corrected chi connectivity index (χ1v) is 4.24. The lowest BCUT2D eigenvalue weighted by Gasteiger charge is -2.08. The van der Waals surface area contributed by atoms with E-state index in [2.05, 4.69) is 0 Å². The molecule has 14 heavy (non-hydrogen) atoms. The molecule has 3 N–H and O–H groups in total. The van der Waals surface area contributed by atoms with Gasteiger partial charge in [0.15, 0.2) is 0 Å². The van der Waals surface area contributed by atoms with Crippen LogP contribution >= 0.6 is 12.4 Å². The molecule has 1 aromatic carbocycles. The van der Waals surface area contributed by atoms with Gasteiger partial charge in [0.1, 0.15) is 0 Å². The SMILES string of the molecule is Cl.NC1(c2ccc(C(=O)O)cc2)CC1. The third-order valence-electron chi connectivity index (χ3n) is 2.50. The molecule has 1 saturated carbocycles. The van der Waals surface area contributed by atoms with Crippen LogP contribution < -0.4 is 5.73 Å². The maximum atomic E-state index is 10.5. The first-order valence-electron chi connectivity index (χ1n) is 4.24. The second-order valence-electron chi connectivity index (χ2n) is 3.54. The van der Waals surface area contributed by atoms with Crippen molar-refractivity contribution in [1.82, 2.24) is 0 Å². The highest BCUT2D eigenvalue weighted by Crippen LogP contribution is 2.42. The Morgan fingerprint density at radius 2 is 1.79 bits per heavy atom. The minimum Gasteiger partial charge on any atom is -0.478 e. The lowest BCUT2D eigenvalue weighted by atomic mass is 10.0. The molecular formula is C10H12ClNO2. The molecule has 4 heteroatoms. The van der Waals surface area contributed by atoms with Crippen LogP contribution in [0.5, 0.6) is 0 Å². The van der Waals surface area contributed by atoms with Gasteiger partial charge in [-0.1, -0.05) is 12.1 Å². The molecule has 0 radical (unpaired) electrons. The largest absolute Gasteiger partial charge is 0.478 e. The van der Waals surface area contributed by atoms with Crippen molar-refractivity contribution in [2.45, 2.75) is 18.4 Å². The normalized spacial score (nSPS) is 16.9. The van der Waals surface area contributed by atoms with Gasteiger partial charge in [-0.05, 0) is 30.5 Å². The summed E-state index contributed by atoms with van der Waals surface area (Å²) in [5, 5.41) is 8.66. The molecule has 1 fully saturated rings. The zero-order valence-electron chi connectivity index (χ0n) is 7.56. The fourth-order valence-corrected chi connectivity index (χ4v) is 1.37. The summed E-state index contributed by atoms with van der Waals surface area (Å²) < 4.78 is 0. The summed E-state index contributed by atoms with van der Waals surface area (Å²) >= 11 is 0. The minimum atomic E-state index is -0.895. The van der Waals surface area contributed by atoms with Gasteiger partial charge in [0, 0.05) is 5.54 Å². The van der Waals surface area contributed by atoms with Crippen molar-refractivity contribution in [1.29, 1.82) is 0 Å². The van der Waals surface area contributed by atoms with Crippen LogP contribution in [-0.2, 0) is 5.54 Å². The molecule has 76 valence electrons. The number of hydrogen-bond donors (Lipinski definition) is 2. The molecule has 1 aliphatic carbocycles. The van der Waals surface area contributed by atoms with Gasteiger partial charge in [-0.25, -0.2) is 4.79 Å². The first-order chi connectivity index (χ1) is 6.12. The van der Waals surface area contributed by atoms with E-state index in [0.717, 1.165) is 18.4 Å². The minimum absolute atomic E-state index is 0. The molecular weight excluding hydrogens is 202 g/mol. The van der Waals surface area contributed by atoms with E-state index in [-0.39, 0.29) is 17.9 Å². The Labute approximate surface area is 88.3 Å². The number of benzene rings is 1. The number of hydrogen-bond acceptors (Lipinski definition) is 2. The maximum Gasteiger partial charge on any atom is 0.335 e. The van der Waals surface area contributed by atoms with Crippen molar-refractivity contribution in [3.05, 3.63) is 35.4 Å². The van der Waals surface area contributed by atoms with Gasteiger partial charge in [0.25, 0.3) is 0 Å². The number of nitrogens with two attached hydrogens (primary N) is 1. The lowest BCUT2D eigenvalue weighted by Crippen LogP contribution is -2.18. The summed E-state index contributed by atoms with van der Waals surface area (Å²) in [4.78, 5) is 10.5. The van der Waals surface area contributed by atoms with Crippen LogP contribution in [0.3, 0.4) is 0 Å². The van der Waals surface area contributed by atoms with E-state index in [9.17, 15) is 4.79 Å². The van der Waals surface area contributed by atoms with Crippen molar-refractivity contribution in [2.24, 2.45) is 5.73 Å². The topological polar surface area (TPSA) is 63.3 Å². The monoisotopic (exact) mass is 213 g/mol. The van der Waals surface area contributed by atoms with E-state index in [0.29, 0.717) is 5.56 Å². The Kier molecular flexibility index (Phi) is 2.83. The van der Waals surface area contributed by atoms with E-state index in [1.165, 1.54) is 0 Å². The summed E-state index contributed by atoms with van der Waals surface area (Å²) in [6.07, 6.45) is 2.00. The molecule has 0 amide bonds. The Morgan fingerprint density at radius 3 is 2.14 bits per heavy atom. The number of aromatic carboxylic acids is 1. The van der Waals surface area contributed by atoms with Crippen molar-refractivity contribution in [3.8, 4) is 0 Å². The number of halogens is 1. The van der Waals surface area contributed by atoms with Crippen molar-refractivity contribution in [3.63, 3.8) is 0 Å². The molecule has 2 rings (SSSR count). The molecule has 0 spiro atoms. The Balaban J connectivity index is 0.000000980. The highest BCUT2D eigenvalue weighted by atomic mass is 35.5. The fraction of sp³-hybridized carbons (Fsp3) is 0.300. The molecule has 1 aromatic rings. The highest BCUT2D eigenvalue weighted by Gasteiger charge is 2.39. The number of carboxylic acids is 1. The van der Waals surface area contributed by atoms with Gasteiger partial charge in [-0.2, -0.15) is 0 Å². The van der Waals surface area contributed by atoms with Gasteiger partial charge in [-0.3, -0.25) is 0 Å². The average Bonchev–Trinajstić information content (AvgIpc) is 2.85. The van der Waals surface area contributed by atoms with Crippen LogP contribution in [0.4, 0.5) is 0 Å². The van der Waals surface area contributed by atoms with E-state index in [1.807, 2.05) is 0 Å². The second-order valence-corrected chi connectivity index (χ2v) is 3.54. The average molecular weight is 214 g/mol. The van der Waals surface area contributed by atoms with Gasteiger partial charge < -0.3 is 10.8 Å². The van der Waals surface area contributed by atoms with Gasteiger partial charge in [0.2, 0.25) is 0 Å². The molecule has 0 atom stereocenters. The third kappa shape index (κ3) is 1.89. The Bertz CT molecular complexity index is 344. The fourth-order valence-electron chi connectivity index (χ4n) is 1.37. The van der Waals surface area contributed by atoms with E-state index in [1.54, 1.807) is 24.3 Å². The van der Waals surface area contributed by atoms with Crippen LogP contribution in [0.25, 0.3) is 0 Å². The van der Waals surface area contributed by atoms with Crippen LogP contribution in [-0.4, -0.2) is 11.1 Å². The molecule has 0 aromatic heterocycles. The number of carbonyl (C=O) groups is 1. The third-order valence-corrected chi connectivity index (χ3v) is 2.50. The molecule has 0 unspecified atom stereocenters. The molecule has 0 heterocycles. The summed E-state index contributed by atoms with van der Waals surface area (Å²) in [5.74, 6) is -0.895. The van der Waals surface area contributed by atoms with Crippen LogP contribution in [0, 0.1) is 0 Å². The van der Waals surface area contributed by atoms with Crippen LogP contribution in [0.1, 0.15) is 28.8 Å². The van der Waals surface area contributed by atoms with E-state index < -0.39 is 5.97 Å². The molecule has 0 saturated heterocycles. The highest BCUT2D eigenvalue weighted by molar-refractivity contribution is 5.87. The van der Waals surface area contributed by atoms with Crippen molar-refractivity contribution < 1.29 is 9.90 Å². The predicted octanol–water partition coefficient (Wildman–Crippen LogP) is 1.75. The Morgan fingerprint density at radius 1 is 1.29 bits per heavy atom. The summed E-state index contributed by atoms with van der Waals surface area (Å²) in [5.41, 5.74) is 7.13. The van der Waals surface area contributed by atoms with E-state index >= 15 is 0 Å². The number of carboxylic acid groups (broad SMARTS) is 1. The second kappa shape index (κ2) is 3.59. The summed E-state index contributed by atoms with van der Waals surface area (Å²) in [7, 11) is 0. The van der Waals surface area contributed by atoms with Crippen LogP contribution in [0.2, 0.25) is 0 Å². The molecule has 1 aliphatic rings. The van der Waals surface area contributed by atoms with Gasteiger partial charge >= 0.3 is 5.97 Å². The zero-order valence-corrected chi connectivity index (χ0v) is 8.38. The van der Waals surface area contributed by atoms with E-state index in [4.69, 9.17) is 10.8 Å². The maximum absolute atomic E-state index is 10.5. The molecule has 0 bridgehead atoms. The van der Waals surface area contributed by atoms with Crippen LogP contribution in [0.15, 0.2) is 24.3 Å². The zero-order chi connectivity index (χ0) is 9.47.